The summed E-state index contributed by atoms with van der Waals surface area (Å²) in [6.07, 6.45) is -1.26. The highest BCUT2D eigenvalue weighted by atomic mass is 35.5. The third-order valence-electron chi connectivity index (χ3n) is 2.28. The fourth-order valence-corrected chi connectivity index (χ4v) is 4.53. The van der Waals surface area contributed by atoms with Crippen molar-refractivity contribution >= 4 is 35.1 Å². The zero-order valence-electron chi connectivity index (χ0n) is 11.3. The van der Waals surface area contributed by atoms with E-state index in [2.05, 4.69) is 13.1 Å². The molecule has 2 unspecified atom stereocenters. The van der Waals surface area contributed by atoms with Crippen LogP contribution in [0.3, 0.4) is 0 Å². The Bertz CT molecular complexity index is 497. The molecule has 0 bridgehead atoms. The lowest BCUT2D eigenvalue weighted by atomic mass is 10.0. The first-order valence-electron chi connectivity index (χ1n) is 5.26. The first-order chi connectivity index (χ1) is 9.69. The van der Waals surface area contributed by atoms with E-state index < -0.39 is 41.8 Å². The molecule has 4 atom stereocenters. The van der Waals surface area contributed by atoms with Gasteiger partial charge < -0.3 is 29.4 Å². The largest absolute Gasteiger partial charge is 0.490 e. The standard InChI is InChI=1S/C6H16ClO12P3/c1-5(8)6(3-7,16-2)4-17-21(12,13)19-22(14,15)18-20(9,10)11/h5,8H,3-4H2,1-2H3,(H,12,13)(H,14,15)(H2,9,10,11)/t5-,6+/m0/s1. The van der Waals surface area contributed by atoms with Crippen LogP contribution < -0.4 is 0 Å². The van der Waals surface area contributed by atoms with E-state index in [1.165, 1.54) is 6.92 Å². The molecule has 0 heterocycles. The van der Waals surface area contributed by atoms with Gasteiger partial charge in [-0.2, -0.15) is 8.62 Å². The van der Waals surface area contributed by atoms with E-state index >= 15 is 0 Å². The first kappa shape index (κ1) is 22.6. The van der Waals surface area contributed by atoms with E-state index in [1.54, 1.807) is 0 Å². The van der Waals surface area contributed by atoms with Crippen molar-refractivity contribution in [3.8, 4) is 0 Å². The predicted molar refractivity (Wildman–Crippen MR) is 72.0 cm³/mol. The van der Waals surface area contributed by atoms with Crippen LogP contribution >= 0.6 is 35.1 Å². The molecule has 134 valence electrons. The van der Waals surface area contributed by atoms with E-state index in [0.717, 1.165) is 7.11 Å². The Morgan fingerprint density at radius 3 is 1.91 bits per heavy atom. The third-order valence-corrected chi connectivity index (χ3v) is 6.52. The van der Waals surface area contributed by atoms with Crippen LogP contribution in [-0.4, -0.2) is 56.0 Å². The summed E-state index contributed by atoms with van der Waals surface area (Å²) in [5.74, 6) is -0.378. The second kappa shape index (κ2) is 8.13. The highest BCUT2D eigenvalue weighted by Crippen LogP contribution is 2.66. The Morgan fingerprint density at radius 1 is 1.09 bits per heavy atom. The first-order valence-corrected chi connectivity index (χ1v) is 10.3. The maximum absolute atomic E-state index is 11.5. The summed E-state index contributed by atoms with van der Waals surface area (Å²) in [4.78, 5) is 34.9. The van der Waals surface area contributed by atoms with E-state index in [0.29, 0.717) is 0 Å². The molecule has 0 spiro atoms. The molecular weight excluding hydrogens is 392 g/mol. The van der Waals surface area contributed by atoms with Crippen molar-refractivity contribution in [3.63, 3.8) is 0 Å². The number of phosphoric ester groups is 1. The smallest absolute Gasteiger partial charge is 0.390 e. The normalized spacial score (nSPS) is 22.4. The highest BCUT2D eigenvalue weighted by Gasteiger charge is 2.43. The quantitative estimate of drug-likeness (QED) is 0.246. The number of hydrogen-bond donors (Lipinski definition) is 5. The molecule has 16 heteroatoms. The molecule has 0 aliphatic rings. The zero-order chi connectivity index (χ0) is 17.8. The number of ether oxygens (including phenoxy) is 1. The van der Waals surface area contributed by atoms with Gasteiger partial charge in [0.1, 0.15) is 5.60 Å². The van der Waals surface area contributed by atoms with Gasteiger partial charge in [0.25, 0.3) is 0 Å². The molecule has 0 saturated carbocycles. The van der Waals surface area contributed by atoms with Crippen molar-refractivity contribution in [1.29, 1.82) is 0 Å². The summed E-state index contributed by atoms with van der Waals surface area (Å²) in [6, 6.07) is 0. The van der Waals surface area contributed by atoms with Crippen molar-refractivity contribution < 1.29 is 56.3 Å². The van der Waals surface area contributed by atoms with Crippen molar-refractivity contribution in [2.75, 3.05) is 19.6 Å². The Labute approximate surface area is 130 Å². The molecule has 0 aliphatic heterocycles. The van der Waals surface area contributed by atoms with E-state index in [9.17, 15) is 23.7 Å². The monoisotopic (exact) mass is 408 g/mol. The summed E-state index contributed by atoms with van der Waals surface area (Å²) in [7, 11) is -15.2. The molecule has 22 heavy (non-hydrogen) atoms. The average Bonchev–Trinajstić information content (AvgIpc) is 2.25. The SMILES string of the molecule is CO[C@](CCl)(COP(=O)(O)OP(=O)(O)OP(=O)(O)O)[C@H](C)O. The minimum Gasteiger partial charge on any atom is -0.390 e. The van der Waals surface area contributed by atoms with Gasteiger partial charge >= 0.3 is 23.5 Å². The summed E-state index contributed by atoms with van der Waals surface area (Å²) >= 11 is 5.56. The van der Waals surface area contributed by atoms with E-state index in [-0.39, 0.29) is 5.88 Å². The second-order valence-corrected chi connectivity index (χ2v) is 8.63. The van der Waals surface area contributed by atoms with Gasteiger partial charge in [-0.15, -0.1) is 11.6 Å². The zero-order valence-corrected chi connectivity index (χ0v) is 14.7. The Balaban J connectivity index is 4.95. The lowest BCUT2D eigenvalue weighted by Crippen LogP contribution is -2.48. The minimum absolute atomic E-state index is 0.378. The van der Waals surface area contributed by atoms with Gasteiger partial charge in [0, 0.05) is 7.11 Å². The van der Waals surface area contributed by atoms with E-state index in [4.69, 9.17) is 31.0 Å². The number of methoxy groups -OCH3 is 1. The van der Waals surface area contributed by atoms with Crippen LogP contribution in [0, 0.1) is 0 Å². The maximum atomic E-state index is 11.5. The number of phosphoric acid groups is 3. The van der Waals surface area contributed by atoms with E-state index in [1.807, 2.05) is 0 Å². The lowest BCUT2D eigenvalue weighted by molar-refractivity contribution is -0.105. The van der Waals surface area contributed by atoms with Gasteiger partial charge in [-0.25, -0.2) is 13.7 Å². The topological polar surface area (TPSA) is 189 Å². The number of aliphatic hydroxyl groups is 1. The lowest BCUT2D eigenvalue weighted by Gasteiger charge is -2.33. The average molecular weight is 409 g/mol. The molecule has 0 saturated heterocycles. The van der Waals surface area contributed by atoms with Crippen molar-refractivity contribution in [1.82, 2.24) is 0 Å². The van der Waals surface area contributed by atoms with Crippen molar-refractivity contribution in [2.45, 2.75) is 18.6 Å². The van der Waals surface area contributed by atoms with Gasteiger partial charge in [0.05, 0.1) is 18.6 Å². The van der Waals surface area contributed by atoms with Gasteiger partial charge in [-0.3, -0.25) is 4.52 Å². The van der Waals surface area contributed by atoms with Crippen LogP contribution in [0.5, 0.6) is 0 Å². The number of rotatable bonds is 10. The van der Waals surface area contributed by atoms with Crippen LogP contribution in [0.25, 0.3) is 0 Å². The van der Waals surface area contributed by atoms with Crippen LogP contribution in [-0.2, 0) is 31.6 Å². The van der Waals surface area contributed by atoms with Gasteiger partial charge in [-0.05, 0) is 6.92 Å². The molecule has 5 N–H and O–H groups in total. The van der Waals surface area contributed by atoms with Crippen LogP contribution in [0.15, 0.2) is 0 Å². The molecule has 0 aromatic heterocycles. The molecule has 0 amide bonds. The predicted octanol–water partition coefficient (Wildman–Crippen LogP) is 0.334. The number of hydrogen-bond acceptors (Lipinski definition) is 8. The fourth-order valence-electron chi connectivity index (χ4n) is 1.05. The molecule has 0 aliphatic carbocycles. The summed E-state index contributed by atoms with van der Waals surface area (Å²) < 4.78 is 49.2. The second-order valence-electron chi connectivity index (χ2n) is 3.94. The molecule has 12 nitrogen and oxygen atoms in total. The molecule has 0 rings (SSSR count). The third kappa shape index (κ3) is 7.94. The van der Waals surface area contributed by atoms with Gasteiger partial charge in [0.15, 0.2) is 0 Å². The Kier molecular flexibility index (Phi) is 8.36. The summed E-state index contributed by atoms with van der Waals surface area (Å²) in [5.41, 5.74) is -1.63. The molecule has 0 fully saturated rings. The summed E-state index contributed by atoms with van der Waals surface area (Å²) in [5, 5.41) is 9.51. The number of aliphatic hydroxyl groups excluding tert-OH is 1. The number of alkyl halides is 1. The van der Waals surface area contributed by atoms with Crippen LogP contribution in [0.1, 0.15) is 6.92 Å². The molecular formula is C6H16ClO12P3. The molecule has 0 radical (unpaired) electrons. The number of halogens is 1. The Morgan fingerprint density at radius 2 is 1.59 bits per heavy atom. The Hall–Kier alpha value is 0.620. The summed E-state index contributed by atoms with van der Waals surface area (Å²) in [6.45, 7) is 0.403. The highest BCUT2D eigenvalue weighted by molar-refractivity contribution is 7.66. The van der Waals surface area contributed by atoms with Gasteiger partial charge in [0.2, 0.25) is 0 Å². The maximum Gasteiger partial charge on any atom is 0.490 e. The molecule has 0 aromatic carbocycles. The fraction of sp³-hybridized carbons (Fsp3) is 1.00. The van der Waals surface area contributed by atoms with Crippen molar-refractivity contribution in [2.24, 2.45) is 0 Å². The van der Waals surface area contributed by atoms with Crippen LogP contribution in [0.2, 0.25) is 0 Å². The van der Waals surface area contributed by atoms with Gasteiger partial charge in [-0.1, -0.05) is 0 Å². The molecule has 0 aromatic rings. The van der Waals surface area contributed by atoms with Crippen molar-refractivity contribution in [3.05, 3.63) is 0 Å². The minimum atomic E-state index is -5.60. The van der Waals surface area contributed by atoms with Crippen LogP contribution in [0.4, 0.5) is 0 Å².